The number of halogens is 1. The minimum absolute atomic E-state index is 0. The quantitative estimate of drug-likeness (QED) is 0.365. The molecule has 0 aliphatic rings. The monoisotopic (exact) mass is 472 g/mol. The molecule has 2 aromatic rings. The first kappa shape index (κ1) is 22.3. The van der Waals surface area contributed by atoms with Crippen LogP contribution in [0.2, 0.25) is 0 Å². The van der Waals surface area contributed by atoms with Crippen molar-refractivity contribution in [3.05, 3.63) is 47.2 Å². The molecule has 0 saturated heterocycles. The van der Waals surface area contributed by atoms with Crippen LogP contribution in [0.25, 0.3) is 0 Å². The summed E-state index contributed by atoms with van der Waals surface area (Å²) in [5, 5.41) is 6.50. The summed E-state index contributed by atoms with van der Waals surface area (Å²) in [5.41, 5.74) is 2.12. The Labute approximate surface area is 172 Å². The van der Waals surface area contributed by atoms with E-state index in [4.69, 9.17) is 9.15 Å². The molecule has 1 atom stereocenters. The van der Waals surface area contributed by atoms with Gasteiger partial charge in [-0.05, 0) is 46.8 Å². The SMILES string of the molecule is CCNC(=NCc1nc(C)c(C)o1)NCC(C)Oc1ccc(C)cc1.I. The minimum atomic E-state index is 0. The van der Waals surface area contributed by atoms with Crippen molar-refractivity contribution in [1.29, 1.82) is 0 Å². The molecule has 26 heavy (non-hydrogen) atoms. The van der Waals surface area contributed by atoms with Gasteiger partial charge in [0, 0.05) is 6.54 Å². The van der Waals surface area contributed by atoms with Gasteiger partial charge in [-0.2, -0.15) is 0 Å². The maximum absolute atomic E-state index is 5.90. The molecule has 1 aromatic heterocycles. The normalized spacial score (nSPS) is 12.3. The van der Waals surface area contributed by atoms with Gasteiger partial charge in [0.2, 0.25) is 5.89 Å². The van der Waals surface area contributed by atoms with Crippen molar-refractivity contribution in [2.45, 2.75) is 47.3 Å². The number of hydrogen-bond donors (Lipinski definition) is 2. The number of ether oxygens (including phenoxy) is 1. The van der Waals surface area contributed by atoms with Crippen LogP contribution in [0.1, 0.15) is 36.8 Å². The lowest BCUT2D eigenvalue weighted by Crippen LogP contribution is -2.41. The molecule has 0 aliphatic heterocycles. The molecule has 0 fully saturated rings. The molecule has 1 aromatic carbocycles. The van der Waals surface area contributed by atoms with E-state index in [0.29, 0.717) is 19.0 Å². The molecule has 0 amide bonds. The van der Waals surface area contributed by atoms with Gasteiger partial charge in [0.1, 0.15) is 24.2 Å². The Bertz CT molecular complexity index is 679. The van der Waals surface area contributed by atoms with Crippen molar-refractivity contribution in [1.82, 2.24) is 15.6 Å². The van der Waals surface area contributed by atoms with Gasteiger partial charge < -0.3 is 19.8 Å². The van der Waals surface area contributed by atoms with Gasteiger partial charge in [0.05, 0.1) is 12.2 Å². The Morgan fingerprint density at radius 2 is 1.88 bits per heavy atom. The van der Waals surface area contributed by atoms with Crippen LogP contribution in [-0.4, -0.2) is 30.1 Å². The van der Waals surface area contributed by atoms with E-state index in [9.17, 15) is 0 Å². The lowest BCUT2D eigenvalue weighted by Gasteiger charge is -2.17. The van der Waals surface area contributed by atoms with Gasteiger partial charge >= 0.3 is 0 Å². The molecule has 0 bridgehead atoms. The highest BCUT2D eigenvalue weighted by atomic mass is 127. The zero-order chi connectivity index (χ0) is 18.2. The van der Waals surface area contributed by atoms with Gasteiger partial charge in [0.15, 0.2) is 5.96 Å². The fraction of sp³-hybridized carbons (Fsp3) is 0.474. The van der Waals surface area contributed by atoms with Gasteiger partial charge in [-0.3, -0.25) is 0 Å². The van der Waals surface area contributed by atoms with E-state index in [2.05, 4.69) is 27.5 Å². The third-order valence-electron chi connectivity index (χ3n) is 3.70. The Morgan fingerprint density at radius 3 is 2.46 bits per heavy atom. The molecule has 0 spiro atoms. The molecule has 1 unspecified atom stereocenters. The number of nitrogens with zero attached hydrogens (tertiary/aromatic N) is 2. The van der Waals surface area contributed by atoms with E-state index in [1.54, 1.807) is 0 Å². The number of aliphatic imine (C=N–C) groups is 1. The predicted molar refractivity (Wildman–Crippen MR) is 115 cm³/mol. The number of aryl methyl sites for hydroxylation is 3. The van der Waals surface area contributed by atoms with Crippen LogP contribution in [0.15, 0.2) is 33.7 Å². The number of benzene rings is 1. The topological polar surface area (TPSA) is 71.7 Å². The fourth-order valence-electron chi connectivity index (χ4n) is 2.23. The number of oxazole rings is 1. The summed E-state index contributed by atoms with van der Waals surface area (Å²) < 4.78 is 11.5. The van der Waals surface area contributed by atoms with Crippen LogP contribution in [-0.2, 0) is 6.54 Å². The smallest absolute Gasteiger partial charge is 0.216 e. The molecule has 7 heteroatoms. The number of nitrogens with one attached hydrogen (secondary N) is 2. The first-order chi connectivity index (χ1) is 12.0. The first-order valence-electron chi connectivity index (χ1n) is 8.66. The van der Waals surface area contributed by atoms with Crippen LogP contribution in [0.5, 0.6) is 5.75 Å². The molecular formula is C19H29IN4O2. The molecule has 144 valence electrons. The summed E-state index contributed by atoms with van der Waals surface area (Å²) in [6.07, 6.45) is 0.0118. The lowest BCUT2D eigenvalue weighted by atomic mass is 10.2. The minimum Gasteiger partial charge on any atom is -0.489 e. The molecule has 2 rings (SSSR count). The zero-order valence-electron chi connectivity index (χ0n) is 16.1. The van der Waals surface area contributed by atoms with Crippen LogP contribution in [0.4, 0.5) is 0 Å². The average Bonchev–Trinajstić information content (AvgIpc) is 2.90. The van der Waals surface area contributed by atoms with Crippen molar-refractivity contribution in [3.63, 3.8) is 0 Å². The largest absolute Gasteiger partial charge is 0.489 e. The number of hydrogen-bond acceptors (Lipinski definition) is 4. The summed E-state index contributed by atoms with van der Waals surface area (Å²) >= 11 is 0. The maximum Gasteiger partial charge on any atom is 0.216 e. The van der Waals surface area contributed by atoms with E-state index < -0.39 is 0 Å². The standard InChI is InChI=1S/C19H28N4O2.HI/c1-6-20-19(22-12-18-23-15(4)16(5)25-18)21-11-14(3)24-17-9-7-13(2)8-10-17;/h7-10,14H,6,11-12H2,1-5H3,(H2,20,21,22);1H. The molecular weight excluding hydrogens is 443 g/mol. The molecule has 1 heterocycles. The molecule has 2 N–H and O–H groups in total. The van der Waals surface area contributed by atoms with Crippen LogP contribution in [0.3, 0.4) is 0 Å². The van der Waals surface area contributed by atoms with Gasteiger partial charge in [-0.25, -0.2) is 9.98 Å². The molecule has 0 saturated carbocycles. The Kier molecular flexibility index (Phi) is 9.47. The van der Waals surface area contributed by atoms with Gasteiger partial charge in [-0.1, -0.05) is 17.7 Å². The zero-order valence-corrected chi connectivity index (χ0v) is 18.5. The lowest BCUT2D eigenvalue weighted by molar-refractivity contribution is 0.224. The van der Waals surface area contributed by atoms with Crippen molar-refractivity contribution in [3.8, 4) is 5.75 Å². The Hall–Kier alpha value is -1.77. The summed E-state index contributed by atoms with van der Waals surface area (Å²) in [4.78, 5) is 8.86. The Balaban J connectivity index is 0.00000338. The third kappa shape index (κ3) is 7.23. The fourth-order valence-corrected chi connectivity index (χ4v) is 2.23. The highest BCUT2D eigenvalue weighted by Crippen LogP contribution is 2.13. The van der Waals surface area contributed by atoms with E-state index in [1.807, 2.05) is 52.0 Å². The van der Waals surface area contributed by atoms with Crippen molar-refractivity contribution in [2.24, 2.45) is 4.99 Å². The van der Waals surface area contributed by atoms with E-state index in [-0.39, 0.29) is 30.1 Å². The number of guanidine groups is 1. The number of aromatic nitrogens is 1. The van der Waals surface area contributed by atoms with E-state index in [0.717, 1.165) is 29.7 Å². The van der Waals surface area contributed by atoms with Gasteiger partial charge in [0.25, 0.3) is 0 Å². The summed E-state index contributed by atoms with van der Waals surface area (Å²) in [6, 6.07) is 8.05. The highest BCUT2D eigenvalue weighted by molar-refractivity contribution is 14.0. The third-order valence-corrected chi connectivity index (χ3v) is 3.70. The molecule has 0 aliphatic carbocycles. The van der Waals surface area contributed by atoms with Crippen LogP contribution < -0.4 is 15.4 Å². The maximum atomic E-state index is 5.90. The number of rotatable bonds is 7. The second kappa shape index (κ2) is 11.1. The molecule has 0 radical (unpaired) electrons. The van der Waals surface area contributed by atoms with E-state index >= 15 is 0 Å². The summed E-state index contributed by atoms with van der Waals surface area (Å²) in [6.45, 7) is 11.8. The summed E-state index contributed by atoms with van der Waals surface area (Å²) in [5.74, 6) is 3.04. The average molecular weight is 472 g/mol. The van der Waals surface area contributed by atoms with Crippen molar-refractivity contribution >= 4 is 29.9 Å². The van der Waals surface area contributed by atoms with Gasteiger partial charge in [-0.15, -0.1) is 24.0 Å². The van der Waals surface area contributed by atoms with Crippen molar-refractivity contribution in [2.75, 3.05) is 13.1 Å². The van der Waals surface area contributed by atoms with E-state index in [1.165, 1.54) is 5.56 Å². The highest BCUT2D eigenvalue weighted by Gasteiger charge is 2.08. The predicted octanol–water partition coefficient (Wildman–Crippen LogP) is 3.74. The van der Waals surface area contributed by atoms with Crippen LogP contribution in [0, 0.1) is 20.8 Å². The summed E-state index contributed by atoms with van der Waals surface area (Å²) in [7, 11) is 0. The molecule has 6 nitrogen and oxygen atoms in total. The first-order valence-corrected chi connectivity index (χ1v) is 8.66. The second-order valence-electron chi connectivity index (χ2n) is 6.07. The Morgan fingerprint density at radius 1 is 1.19 bits per heavy atom. The van der Waals surface area contributed by atoms with Crippen LogP contribution >= 0.6 is 24.0 Å². The van der Waals surface area contributed by atoms with Crippen molar-refractivity contribution < 1.29 is 9.15 Å². The second-order valence-corrected chi connectivity index (χ2v) is 6.07.